The number of ketones is 1. The maximum atomic E-state index is 13.2. The molecule has 100 valence electrons. The highest BCUT2D eigenvalue weighted by Crippen LogP contribution is 2.18. The van der Waals surface area contributed by atoms with Crippen LogP contribution in [0.3, 0.4) is 0 Å². The first-order valence-corrected chi connectivity index (χ1v) is 6.56. The van der Waals surface area contributed by atoms with Gasteiger partial charge in [-0.1, -0.05) is 12.1 Å². The number of carbonyl (C=O) groups excluding carboxylic acids is 1. The van der Waals surface area contributed by atoms with E-state index in [4.69, 9.17) is 11.6 Å². The summed E-state index contributed by atoms with van der Waals surface area (Å²) in [6.07, 6.45) is 0. The number of alkyl halides is 1. The zero-order valence-electron chi connectivity index (χ0n) is 10.9. The molecule has 0 unspecified atom stereocenters. The molecule has 1 aromatic carbocycles. The van der Waals surface area contributed by atoms with Crippen molar-refractivity contribution in [2.75, 3.05) is 5.88 Å². The predicted molar refractivity (Wildman–Crippen MR) is 74.5 cm³/mol. The van der Waals surface area contributed by atoms with Crippen molar-refractivity contribution >= 4 is 17.4 Å². The summed E-state index contributed by atoms with van der Waals surface area (Å²) >= 11 is 5.59. The fourth-order valence-electron chi connectivity index (χ4n) is 2.22. The van der Waals surface area contributed by atoms with Crippen molar-refractivity contribution in [3.63, 3.8) is 0 Å². The number of Topliss-reactive ketones (excluding diaryl/α,β-unsaturated/α-hetero) is 1. The molecule has 19 heavy (non-hydrogen) atoms. The lowest BCUT2D eigenvalue weighted by molar-refractivity contribution is 0.102. The van der Waals surface area contributed by atoms with Crippen LogP contribution in [0, 0.1) is 19.7 Å². The monoisotopic (exact) mass is 279 g/mol. The highest BCUT2D eigenvalue weighted by atomic mass is 35.5. The molecule has 1 aromatic heterocycles. The summed E-state index contributed by atoms with van der Waals surface area (Å²) in [5.74, 6) is -0.359. The first kappa shape index (κ1) is 13.8. The van der Waals surface area contributed by atoms with Gasteiger partial charge in [0.2, 0.25) is 0 Å². The van der Waals surface area contributed by atoms with Crippen molar-refractivity contribution in [1.82, 2.24) is 4.57 Å². The van der Waals surface area contributed by atoms with Crippen LogP contribution in [0.15, 0.2) is 30.3 Å². The average molecular weight is 280 g/mol. The molecule has 0 radical (unpaired) electrons. The summed E-state index contributed by atoms with van der Waals surface area (Å²) in [5.41, 5.74) is 3.35. The molecular weight excluding hydrogens is 265 g/mol. The Kier molecular flexibility index (Phi) is 4.05. The molecule has 0 aliphatic heterocycles. The van der Waals surface area contributed by atoms with Crippen molar-refractivity contribution in [3.8, 4) is 0 Å². The molecule has 2 aromatic rings. The second-order valence-corrected chi connectivity index (χ2v) is 4.82. The Morgan fingerprint density at radius 3 is 2.68 bits per heavy atom. The molecule has 0 fully saturated rings. The van der Waals surface area contributed by atoms with E-state index in [0.29, 0.717) is 12.1 Å². The maximum absolute atomic E-state index is 13.2. The van der Waals surface area contributed by atoms with Crippen LogP contribution >= 0.6 is 11.6 Å². The Morgan fingerprint density at radius 2 is 2.05 bits per heavy atom. The third-order valence-corrected chi connectivity index (χ3v) is 3.47. The van der Waals surface area contributed by atoms with Crippen LogP contribution < -0.4 is 0 Å². The normalized spacial score (nSPS) is 10.7. The van der Waals surface area contributed by atoms with Gasteiger partial charge >= 0.3 is 0 Å². The third-order valence-electron chi connectivity index (χ3n) is 3.23. The van der Waals surface area contributed by atoms with Crippen LogP contribution in [0.5, 0.6) is 0 Å². The second kappa shape index (κ2) is 5.57. The van der Waals surface area contributed by atoms with Crippen LogP contribution in [0.2, 0.25) is 0 Å². The van der Waals surface area contributed by atoms with Crippen LogP contribution in [0.1, 0.15) is 27.3 Å². The van der Waals surface area contributed by atoms with Crippen molar-refractivity contribution in [2.45, 2.75) is 20.4 Å². The van der Waals surface area contributed by atoms with Crippen molar-refractivity contribution in [2.24, 2.45) is 0 Å². The van der Waals surface area contributed by atoms with Gasteiger partial charge in [-0.2, -0.15) is 0 Å². The first-order valence-electron chi connectivity index (χ1n) is 6.03. The van der Waals surface area contributed by atoms with E-state index in [-0.39, 0.29) is 17.5 Å². The Labute approximate surface area is 116 Å². The number of aryl methyl sites for hydroxylation is 1. The number of carbonyl (C=O) groups is 1. The molecule has 0 spiro atoms. The molecular formula is C15H15ClFNO. The van der Waals surface area contributed by atoms with E-state index in [2.05, 4.69) is 0 Å². The van der Waals surface area contributed by atoms with Gasteiger partial charge in [-0.3, -0.25) is 4.79 Å². The number of halogens is 2. The summed E-state index contributed by atoms with van der Waals surface area (Å²) in [7, 11) is 0. The molecule has 0 N–H and O–H groups in total. The lowest BCUT2D eigenvalue weighted by Gasteiger charge is -2.10. The summed E-state index contributed by atoms with van der Waals surface area (Å²) < 4.78 is 15.2. The predicted octanol–water partition coefficient (Wildman–Crippen LogP) is 3.71. The van der Waals surface area contributed by atoms with Crippen LogP contribution in [-0.4, -0.2) is 16.2 Å². The fraction of sp³-hybridized carbons (Fsp3) is 0.267. The highest BCUT2D eigenvalue weighted by molar-refractivity contribution is 6.30. The molecule has 0 aliphatic carbocycles. The maximum Gasteiger partial charge on any atom is 0.179 e. The molecule has 4 heteroatoms. The average Bonchev–Trinajstić information content (AvgIpc) is 2.66. The summed E-state index contributed by atoms with van der Waals surface area (Å²) in [6, 6.07) is 8.30. The fourth-order valence-corrected chi connectivity index (χ4v) is 2.36. The van der Waals surface area contributed by atoms with Crippen molar-refractivity contribution in [1.29, 1.82) is 0 Å². The van der Waals surface area contributed by atoms with E-state index in [0.717, 1.165) is 17.0 Å². The molecule has 0 saturated heterocycles. The van der Waals surface area contributed by atoms with Gasteiger partial charge in [0.25, 0.3) is 0 Å². The summed E-state index contributed by atoms with van der Waals surface area (Å²) in [5, 5.41) is 0. The van der Waals surface area contributed by atoms with E-state index in [1.54, 1.807) is 6.07 Å². The SMILES string of the molecule is Cc1cc(C(=O)CCl)c(C)n1Cc1cccc(F)c1. The molecule has 2 nitrogen and oxygen atoms in total. The van der Waals surface area contributed by atoms with E-state index in [1.807, 2.05) is 30.5 Å². The summed E-state index contributed by atoms with van der Waals surface area (Å²) in [6.45, 7) is 4.36. The Morgan fingerprint density at radius 1 is 1.32 bits per heavy atom. The molecule has 0 saturated carbocycles. The van der Waals surface area contributed by atoms with E-state index in [9.17, 15) is 9.18 Å². The summed E-state index contributed by atoms with van der Waals surface area (Å²) in [4.78, 5) is 11.7. The van der Waals surface area contributed by atoms with Crippen LogP contribution in [0.4, 0.5) is 4.39 Å². The Hall–Kier alpha value is -1.61. The smallest absolute Gasteiger partial charge is 0.179 e. The third kappa shape index (κ3) is 2.87. The molecule has 0 bridgehead atoms. The van der Waals surface area contributed by atoms with Gasteiger partial charge in [0.15, 0.2) is 5.78 Å². The number of hydrogen-bond donors (Lipinski definition) is 0. The number of benzene rings is 1. The van der Waals surface area contributed by atoms with Gasteiger partial charge in [-0.05, 0) is 37.6 Å². The molecule has 0 atom stereocenters. The van der Waals surface area contributed by atoms with Crippen molar-refractivity contribution in [3.05, 3.63) is 58.7 Å². The number of hydrogen-bond acceptors (Lipinski definition) is 1. The van der Waals surface area contributed by atoms with Gasteiger partial charge in [0, 0.05) is 23.5 Å². The molecule has 2 rings (SSSR count). The topological polar surface area (TPSA) is 22.0 Å². The standard InChI is InChI=1S/C15H15ClFNO/c1-10-6-14(15(19)8-16)11(2)18(10)9-12-4-3-5-13(17)7-12/h3-7H,8-9H2,1-2H3. The number of aromatic nitrogens is 1. The van der Waals surface area contributed by atoms with Gasteiger partial charge in [-0.15, -0.1) is 11.6 Å². The second-order valence-electron chi connectivity index (χ2n) is 4.56. The zero-order valence-corrected chi connectivity index (χ0v) is 11.7. The zero-order chi connectivity index (χ0) is 14.0. The van der Waals surface area contributed by atoms with Gasteiger partial charge in [0.05, 0.1) is 5.88 Å². The minimum Gasteiger partial charge on any atom is -0.344 e. The quantitative estimate of drug-likeness (QED) is 0.618. The van der Waals surface area contributed by atoms with Crippen LogP contribution in [-0.2, 0) is 6.54 Å². The lowest BCUT2D eigenvalue weighted by Crippen LogP contribution is -2.07. The van der Waals surface area contributed by atoms with E-state index >= 15 is 0 Å². The van der Waals surface area contributed by atoms with E-state index < -0.39 is 0 Å². The highest BCUT2D eigenvalue weighted by Gasteiger charge is 2.14. The number of rotatable bonds is 4. The molecule has 1 heterocycles. The Bertz CT molecular complexity index is 619. The van der Waals surface area contributed by atoms with Gasteiger partial charge in [0.1, 0.15) is 5.82 Å². The minimum atomic E-state index is -0.253. The minimum absolute atomic E-state index is 0.0236. The Balaban J connectivity index is 2.36. The molecule has 0 amide bonds. The van der Waals surface area contributed by atoms with E-state index in [1.165, 1.54) is 12.1 Å². The first-order chi connectivity index (χ1) is 9.02. The molecule has 0 aliphatic rings. The van der Waals surface area contributed by atoms with Gasteiger partial charge in [-0.25, -0.2) is 4.39 Å². The largest absolute Gasteiger partial charge is 0.344 e. The van der Waals surface area contributed by atoms with Crippen LogP contribution in [0.25, 0.3) is 0 Å². The van der Waals surface area contributed by atoms with Gasteiger partial charge < -0.3 is 4.57 Å². The lowest BCUT2D eigenvalue weighted by atomic mass is 10.2. The number of nitrogens with zero attached hydrogens (tertiary/aromatic N) is 1. The van der Waals surface area contributed by atoms with Crippen molar-refractivity contribution < 1.29 is 9.18 Å².